The van der Waals surface area contributed by atoms with Gasteiger partial charge in [0.15, 0.2) is 0 Å². The number of nitrogens with zero attached hydrogens (tertiary/aromatic N) is 1. The average Bonchev–Trinajstić information content (AvgIpc) is 2.30. The van der Waals surface area contributed by atoms with Crippen molar-refractivity contribution in [2.75, 3.05) is 0 Å². The maximum atomic E-state index is 5.53. The molecule has 0 saturated carbocycles. The summed E-state index contributed by atoms with van der Waals surface area (Å²) in [5.74, 6) is 5.53. The lowest BCUT2D eigenvalue weighted by Crippen LogP contribution is -2.35. The maximum absolute atomic E-state index is 5.53. The van der Waals surface area contributed by atoms with Crippen LogP contribution in [0.25, 0.3) is 0 Å². The van der Waals surface area contributed by atoms with E-state index in [-0.39, 0.29) is 0 Å². The summed E-state index contributed by atoms with van der Waals surface area (Å²) in [5, 5.41) is 0. The van der Waals surface area contributed by atoms with Crippen LogP contribution in [-0.4, -0.2) is 11.0 Å². The molecule has 0 saturated heterocycles. The fourth-order valence-electron chi connectivity index (χ4n) is 1.62. The van der Waals surface area contributed by atoms with E-state index in [9.17, 15) is 0 Å². The van der Waals surface area contributed by atoms with E-state index in [4.69, 9.17) is 5.84 Å². The van der Waals surface area contributed by atoms with Crippen molar-refractivity contribution in [1.29, 1.82) is 0 Å². The van der Waals surface area contributed by atoms with Gasteiger partial charge >= 0.3 is 0 Å². The summed E-state index contributed by atoms with van der Waals surface area (Å²) in [6, 6.07) is 4.46. The number of aromatic nitrogens is 1. The van der Waals surface area contributed by atoms with Gasteiger partial charge in [-0.2, -0.15) is 0 Å². The third kappa shape index (κ3) is 5.05. The molecule has 0 aromatic carbocycles. The Bertz CT molecular complexity index is 308. The molecule has 3 heteroatoms. The largest absolute Gasteiger partial charge is 0.271 e. The molecule has 88 valence electrons. The molecule has 0 amide bonds. The molecule has 1 aromatic heterocycles. The quantitative estimate of drug-likeness (QED) is 0.420. The van der Waals surface area contributed by atoms with Gasteiger partial charge in [0.25, 0.3) is 0 Å². The van der Waals surface area contributed by atoms with Crippen molar-refractivity contribution >= 4 is 0 Å². The Kier molecular flexibility index (Phi) is 5.75. The highest BCUT2D eigenvalue weighted by Gasteiger charge is 2.06. The van der Waals surface area contributed by atoms with Gasteiger partial charge in [-0.1, -0.05) is 5.57 Å². The summed E-state index contributed by atoms with van der Waals surface area (Å²) in [6.07, 6.45) is 7.83. The summed E-state index contributed by atoms with van der Waals surface area (Å²) < 4.78 is 0. The number of hydrazine groups is 1. The van der Waals surface area contributed by atoms with Gasteiger partial charge in [-0.05, 0) is 50.3 Å². The maximum Gasteiger partial charge on any atom is 0.0270 e. The Balaban J connectivity index is 2.31. The lowest BCUT2D eigenvalue weighted by atomic mass is 10.0. The molecule has 0 fully saturated rings. The minimum absolute atomic E-state index is 0.366. The third-order valence-corrected chi connectivity index (χ3v) is 2.69. The van der Waals surface area contributed by atoms with Crippen molar-refractivity contribution in [3.8, 4) is 0 Å². The number of rotatable bonds is 7. The fraction of sp³-hybridized carbons (Fsp3) is 0.462. The highest BCUT2D eigenvalue weighted by molar-refractivity contribution is 5.09. The monoisotopic (exact) mass is 219 g/mol. The summed E-state index contributed by atoms with van der Waals surface area (Å²) >= 11 is 0. The van der Waals surface area contributed by atoms with Crippen LogP contribution in [0.3, 0.4) is 0 Å². The topological polar surface area (TPSA) is 50.9 Å². The second-order valence-electron chi connectivity index (χ2n) is 4.25. The van der Waals surface area contributed by atoms with E-state index in [1.807, 2.05) is 24.5 Å². The molecule has 0 aliphatic heterocycles. The van der Waals surface area contributed by atoms with Crippen LogP contribution in [0.15, 0.2) is 36.7 Å². The van der Waals surface area contributed by atoms with Gasteiger partial charge in [0.05, 0.1) is 0 Å². The summed E-state index contributed by atoms with van der Waals surface area (Å²) in [7, 11) is 0. The van der Waals surface area contributed by atoms with E-state index >= 15 is 0 Å². The molecular weight excluding hydrogens is 198 g/mol. The number of pyridine rings is 1. The second kappa shape index (κ2) is 7.14. The average molecular weight is 219 g/mol. The first-order valence-corrected chi connectivity index (χ1v) is 5.71. The Morgan fingerprint density at radius 2 is 2.12 bits per heavy atom. The number of allylic oxidation sites excluding steroid dienone is 1. The van der Waals surface area contributed by atoms with Gasteiger partial charge in [0, 0.05) is 18.4 Å². The lowest BCUT2D eigenvalue weighted by molar-refractivity contribution is 0.463. The van der Waals surface area contributed by atoms with Crippen LogP contribution in [0.4, 0.5) is 0 Å². The number of nitrogens with one attached hydrogen (secondary N) is 1. The second-order valence-corrected chi connectivity index (χ2v) is 4.25. The van der Waals surface area contributed by atoms with E-state index in [1.54, 1.807) is 0 Å². The van der Waals surface area contributed by atoms with Crippen molar-refractivity contribution in [3.63, 3.8) is 0 Å². The molecule has 0 aliphatic carbocycles. The SMILES string of the molecule is C=C(C)CCC(CCc1ccncc1)NN. The van der Waals surface area contributed by atoms with Crippen LogP contribution in [0.1, 0.15) is 31.7 Å². The Morgan fingerprint density at radius 3 is 2.69 bits per heavy atom. The number of aryl methyl sites for hydroxylation is 1. The first-order chi connectivity index (χ1) is 7.72. The van der Waals surface area contributed by atoms with Crippen LogP contribution in [0.2, 0.25) is 0 Å². The first kappa shape index (κ1) is 12.9. The van der Waals surface area contributed by atoms with E-state index in [2.05, 4.69) is 23.9 Å². The van der Waals surface area contributed by atoms with Crippen LogP contribution >= 0.6 is 0 Å². The molecule has 0 spiro atoms. The van der Waals surface area contributed by atoms with Gasteiger partial charge < -0.3 is 0 Å². The van der Waals surface area contributed by atoms with E-state index in [0.717, 1.165) is 25.7 Å². The van der Waals surface area contributed by atoms with E-state index in [1.165, 1.54) is 11.1 Å². The molecule has 3 nitrogen and oxygen atoms in total. The summed E-state index contributed by atoms with van der Waals surface area (Å²) in [4.78, 5) is 4.00. The minimum Gasteiger partial charge on any atom is -0.271 e. The van der Waals surface area contributed by atoms with Crippen molar-refractivity contribution < 1.29 is 0 Å². The third-order valence-electron chi connectivity index (χ3n) is 2.69. The highest BCUT2D eigenvalue weighted by atomic mass is 15.2. The predicted octanol–water partition coefficient (Wildman–Crippen LogP) is 2.20. The van der Waals surface area contributed by atoms with Gasteiger partial charge in [-0.3, -0.25) is 16.3 Å². The fourth-order valence-corrected chi connectivity index (χ4v) is 1.62. The van der Waals surface area contributed by atoms with Crippen molar-refractivity contribution in [2.45, 2.75) is 38.6 Å². The molecule has 0 bridgehead atoms. The minimum atomic E-state index is 0.366. The summed E-state index contributed by atoms with van der Waals surface area (Å²) in [5.41, 5.74) is 5.39. The number of nitrogens with two attached hydrogens (primary N) is 1. The van der Waals surface area contributed by atoms with E-state index in [0.29, 0.717) is 6.04 Å². The first-order valence-electron chi connectivity index (χ1n) is 5.71. The molecule has 1 heterocycles. The normalized spacial score (nSPS) is 12.4. The van der Waals surface area contributed by atoms with Crippen LogP contribution in [0, 0.1) is 0 Å². The molecule has 3 N–H and O–H groups in total. The van der Waals surface area contributed by atoms with Crippen molar-refractivity contribution in [1.82, 2.24) is 10.4 Å². The van der Waals surface area contributed by atoms with Crippen LogP contribution in [-0.2, 0) is 6.42 Å². The molecule has 1 rings (SSSR count). The van der Waals surface area contributed by atoms with Gasteiger partial charge in [-0.15, -0.1) is 6.58 Å². The lowest BCUT2D eigenvalue weighted by Gasteiger charge is -2.15. The predicted molar refractivity (Wildman–Crippen MR) is 67.7 cm³/mol. The Hall–Kier alpha value is -1.19. The van der Waals surface area contributed by atoms with Crippen molar-refractivity contribution in [2.24, 2.45) is 5.84 Å². The number of hydrogen-bond acceptors (Lipinski definition) is 3. The van der Waals surface area contributed by atoms with Gasteiger partial charge in [0.2, 0.25) is 0 Å². The highest BCUT2D eigenvalue weighted by Crippen LogP contribution is 2.10. The zero-order valence-corrected chi connectivity index (χ0v) is 9.95. The molecule has 16 heavy (non-hydrogen) atoms. The summed E-state index contributed by atoms with van der Waals surface area (Å²) in [6.45, 7) is 5.95. The van der Waals surface area contributed by atoms with Gasteiger partial charge in [-0.25, -0.2) is 0 Å². The molecule has 1 atom stereocenters. The Morgan fingerprint density at radius 1 is 1.44 bits per heavy atom. The van der Waals surface area contributed by atoms with Crippen LogP contribution in [0.5, 0.6) is 0 Å². The zero-order valence-electron chi connectivity index (χ0n) is 9.95. The molecule has 0 radical (unpaired) electrons. The zero-order chi connectivity index (χ0) is 11.8. The smallest absolute Gasteiger partial charge is 0.0270 e. The molecule has 1 unspecified atom stereocenters. The van der Waals surface area contributed by atoms with Crippen molar-refractivity contribution in [3.05, 3.63) is 42.2 Å². The van der Waals surface area contributed by atoms with E-state index < -0.39 is 0 Å². The molecular formula is C13H21N3. The van der Waals surface area contributed by atoms with Crippen LogP contribution < -0.4 is 11.3 Å². The standard InChI is InChI=1S/C13H21N3/c1-11(2)3-5-13(16-14)6-4-12-7-9-15-10-8-12/h7-10,13,16H,1,3-6,14H2,2H3. The van der Waals surface area contributed by atoms with Gasteiger partial charge in [0.1, 0.15) is 0 Å². The Labute approximate surface area is 97.7 Å². The number of hydrogen-bond donors (Lipinski definition) is 2. The molecule has 0 aliphatic rings. The molecule has 1 aromatic rings.